The first-order valence-corrected chi connectivity index (χ1v) is 7.70. The van der Waals surface area contributed by atoms with Gasteiger partial charge in [-0.1, -0.05) is 0 Å². The van der Waals surface area contributed by atoms with Crippen molar-refractivity contribution in [1.29, 1.82) is 0 Å². The number of nitrogens with zero attached hydrogens (tertiary/aromatic N) is 5. The van der Waals surface area contributed by atoms with Gasteiger partial charge in [-0.2, -0.15) is 5.10 Å². The quantitative estimate of drug-likeness (QED) is 0.835. The number of nitrogens with one attached hydrogen (secondary N) is 1. The average molecular weight is 311 g/mol. The van der Waals surface area contributed by atoms with Crippen LogP contribution in [0.4, 0.5) is 5.82 Å². The molecule has 0 saturated carbocycles. The van der Waals surface area contributed by atoms with Crippen LogP contribution < -0.4 is 10.6 Å². The first-order chi connectivity index (χ1) is 10.2. The molecule has 8 heteroatoms. The van der Waals surface area contributed by atoms with Crippen molar-refractivity contribution >= 4 is 23.1 Å². The SMILES string of the molecule is Cc1nc(N2CCCN(CCCl)CC2)cc2n[nH]c(=O)n12. The maximum Gasteiger partial charge on any atom is 0.349 e. The van der Waals surface area contributed by atoms with E-state index in [0.29, 0.717) is 17.4 Å². The van der Waals surface area contributed by atoms with E-state index >= 15 is 0 Å². The van der Waals surface area contributed by atoms with Gasteiger partial charge in [0.25, 0.3) is 0 Å². The number of aryl methyl sites for hydroxylation is 1. The fourth-order valence-corrected chi connectivity index (χ4v) is 3.03. The highest BCUT2D eigenvalue weighted by molar-refractivity contribution is 6.18. The number of aromatic nitrogens is 4. The van der Waals surface area contributed by atoms with Gasteiger partial charge in [0, 0.05) is 38.1 Å². The van der Waals surface area contributed by atoms with Crippen molar-refractivity contribution in [3.05, 3.63) is 22.4 Å². The van der Waals surface area contributed by atoms with Crippen LogP contribution in [-0.4, -0.2) is 63.1 Å². The number of rotatable bonds is 3. The number of alkyl halides is 1. The van der Waals surface area contributed by atoms with E-state index in [9.17, 15) is 4.79 Å². The zero-order chi connectivity index (χ0) is 14.8. The van der Waals surface area contributed by atoms with Crippen LogP contribution >= 0.6 is 11.6 Å². The molecule has 1 N–H and O–H groups in total. The van der Waals surface area contributed by atoms with Crippen molar-refractivity contribution in [2.24, 2.45) is 0 Å². The van der Waals surface area contributed by atoms with Crippen LogP contribution in [-0.2, 0) is 0 Å². The van der Waals surface area contributed by atoms with E-state index in [1.165, 1.54) is 4.40 Å². The minimum absolute atomic E-state index is 0.245. The smallest absolute Gasteiger partial charge is 0.349 e. The van der Waals surface area contributed by atoms with Crippen LogP contribution in [0.3, 0.4) is 0 Å². The van der Waals surface area contributed by atoms with Crippen molar-refractivity contribution < 1.29 is 0 Å². The molecular formula is C13H19ClN6O. The molecular weight excluding hydrogens is 292 g/mol. The van der Waals surface area contributed by atoms with Gasteiger partial charge in [0.1, 0.15) is 11.6 Å². The van der Waals surface area contributed by atoms with Crippen LogP contribution in [0.2, 0.25) is 0 Å². The van der Waals surface area contributed by atoms with E-state index in [4.69, 9.17) is 11.6 Å². The molecule has 1 saturated heterocycles. The Morgan fingerprint density at radius 3 is 3.00 bits per heavy atom. The number of hydrogen-bond donors (Lipinski definition) is 1. The Morgan fingerprint density at radius 2 is 2.19 bits per heavy atom. The number of hydrogen-bond acceptors (Lipinski definition) is 5. The van der Waals surface area contributed by atoms with Crippen LogP contribution in [0.1, 0.15) is 12.2 Å². The number of H-pyrrole nitrogens is 1. The second-order valence-electron chi connectivity index (χ2n) is 5.26. The van der Waals surface area contributed by atoms with E-state index in [0.717, 1.165) is 45.0 Å². The normalized spacial score (nSPS) is 17.3. The Kier molecular flexibility index (Phi) is 4.12. The lowest BCUT2D eigenvalue weighted by Gasteiger charge is -2.22. The lowest BCUT2D eigenvalue weighted by Crippen LogP contribution is -2.32. The number of aromatic amines is 1. The molecule has 1 fully saturated rings. The fourth-order valence-electron chi connectivity index (χ4n) is 2.79. The maximum atomic E-state index is 11.6. The van der Waals surface area contributed by atoms with Crippen LogP contribution in [0, 0.1) is 6.92 Å². The maximum absolute atomic E-state index is 11.6. The highest BCUT2D eigenvalue weighted by Gasteiger charge is 2.17. The van der Waals surface area contributed by atoms with E-state index in [1.807, 2.05) is 13.0 Å². The van der Waals surface area contributed by atoms with Crippen molar-refractivity contribution in [1.82, 2.24) is 24.5 Å². The van der Waals surface area contributed by atoms with E-state index in [2.05, 4.69) is 25.0 Å². The van der Waals surface area contributed by atoms with Crippen LogP contribution in [0.15, 0.2) is 10.9 Å². The van der Waals surface area contributed by atoms with Gasteiger partial charge in [-0.15, -0.1) is 11.6 Å². The fraction of sp³-hybridized carbons (Fsp3) is 0.615. The summed E-state index contributed by atoms with van der Waals surface area (Å²) in [5, 5.41) is 6.49. The van der Waals surface area contributed by atoms with Gasteiger partial charge in [-0.05, 0) is 19.9 Å². The Bertz CT molecular complexity index is 681. The second kappa shape index (κ2) is 6.03. The number of fused-ring (bicyclic) bond motifs is 1. The highest BCUT2D eigenvalue weighted by atomic mass is 35.5. The molecule has 0 aromatic carbocycles. The molecule has 1 aliphatic rings. The predicted molar refractivity (Wildman–Crippen MR) is 82.3 cm³/mol. The molecule has 1 aliphatic heterocycles. The van der Waals surface area contributed by atoms with E-state index in [1.54, 1.807) is 0 Å². The lowest BCUT2D eigenvalue weighted by molar-refractivity contribution is 0.311. The Morgan fingerprint density at radius 1 is 1.33 bits per heavy atom. The van der Waals surface area contributed by atoms with E-state index < -0.39 is 0 Å². The Hall–Kier alpha value is -1.60. The minimum Gasteiger partial charge on any atom is -0.355 e. The van der Waals surface area contributed by atoms with Crippen molar-refractivity contribution in [2.45, 2.75) is 13.3 Å². The summed E-state index contributed by atoms with van der Waals surface area (Å²) in [6, 6.07) is 1.86. The molecule has 0 unspecified atom stereocenters. The third kappa shape index (κ3) is 2.89. The van der Waals surface area contributed by atoms with Crippen molar-refractivity contribution in [3.8, 4) is 0 Å². The average Bonchev–Trinajstić information content (AvgIpc) is 2.70. The molecule has 2 aromatic heterocycles. The third-order valence-corrected chi connectivity index (χ3v) is 4.04. The first-order valence-electron chi connectivity index (χ1n) is 7.17. The third-order valence-electron chi connectivity index (χ3n) is 3.87. The monoisotopic (exact) mass is 310 g/mol. The van der Waals surface area contributed by atoms with Crippen LogP contribution in [0.5, 0.6) is 0 Å². The minimum atomic E-state index is -0.245. The molecule has 3 heterocycles. The summed E-state index contributed by atoms with van der Waals surface area (Å²) < 4.78 is 1.49. The zero-order valence-corrected chi connectivity index (χ0v) is 12.8. The zero-order valence-electron chi connectivity index (χ0n) is 12.0. The van der Waals surface area contributed by atoms with Gasteiger partial charge in [0.2, 0.25) is 0 Å². The van der Waals surface area contributed by atoms with Gasteiger partial charge in [-0.3, -0.25) is 0 Å². The van der Waals surface area contributed by atoms with Crippen LogP contribution in [0.25, 0.3) is 5.65 Å². The lowest BCUT2D eigenvalue weighted by atomic mass is 10.3. The Labute approximate surface area is 127 Å². The summed E-state index contributed by atoms with van der Waals surface area (Å²) in [5.74, 6) is 2.20. The van der Waals surface area contributed by atoms with Gasteiger partial charge >= 0.3 is 5.69 Å². The molecule has 3 rings (SSSR count). The summed E-state index contributed by atoms with van der Waals surface area (Å²) in [7, 11) is 0. The topological polar surface area (TPSA) is 69.5 Å². The number of anilines is 1. The highest BCUT2D eigenvalue weighted by Crippen LogP contribution is 2.16. The van der Waals surface area contributed by atoms with Gasteiger partial charge in [0.05, 0.1) is 0 Å². The molecule has 0 atom stereocenters. The van der Waals surface area contributed by atoms with Crippen molar-refractivity contribution in [2.75, 3.05) is 43.5 Å². The standard InChI is InChI=1S/C13H19ClN6O/c1-10-15-11(9-12-16-17-13(21)20(10)12)19-5-2-4-18(6-3-14)7-8-19/h9H,2-8H2,1H3,(H,17,21). The van der Waals surface area contributed by atoms with Gasteiger partial charge in [0.15, 0.2) is 5.65 Å². The van der Waals surface area contributed by atoms with E-state index in [-0.39, 0.29) is 5.69 Å². The number of halogens is 1. The molecule has 0 aliphatic carbocycles. The molecule has 114 valence electrons. The predicted octanol–water partition coefficient (Wildman–Crippen LogP) is 0.477. The largest absolute Gasteiger partial charge is 0.355 e. The summed E-state index contributed by atoms with van der Waals surface area (Å²) in [6.45, 7) is 6.66. The Balaban J connectivity index is 1.85. The molecule has 21 heavy (non-hydrogen) atoms. The van der Waals surface area contributed by atoms with Gasteiger partial charge in [-0.25, -0.2) is 19.3 Å². The first kappa shape index (κ1) is 14.3. The summed E-state index contributed by atoms with van der Waals surface area (Å²) in [5.41, 5.74) is 0.370. The van der Waals surface area contributed by atoms with Gasteiger partial charge < -0.3 is 9.80 Å². The molecule has 0 amide bonds. The summed E-state index contributed by atoms with van der Waals surface area (Å²) in [6.07, 6.45) is 1.08. The molecule has 7 nitrogen and oxygen atoms in total. The molecule has 0 bridgehead atoms. The second-order valence-corrected chi connectivity index (χ2v) is 5.63. The summed E-state index contributed by atoms with van der Waals surface area (Å²) >= 11 is 5.82. The molecule has 2 aromatic rings. The molecule has 0 spiro atoms. The van der Waals surface area contributed by atoms with Crippen molar-refractivity contribution in [3.63, 3.8) is 0 Å². The summed E-state index contributed by atoms with van der Waals surface area (Å²) in [4.78, 5) is 20.8. The molecule has 0 radical (unpaired) electrons.